The second kappa shape index (κ2) is 6.81. The summed E-state index contributed by atoms with van der Waals surface area (Å²) >= 11 is 0. The largest absolute Gasteiger partial charge is 0.391 e. The number of aliphatic hydroxyl groups is 1. The fourth-order valence-corrected chi connectivity index (χ4v) is 3.52. The normalized spacial score (nSPS) is 24.9. The first-order valence-electron chi connectivity index (χ1n) is 8.27. The van der Waals surface area contributed by atoms with Crippen LogP contribution < -0.4 is 5.32 Å². The van der Waals surface area contributed by atoms with Crippen LogP contribution in [0.5, 0.6) is 0 Å². The van der Waals surface area contributed by atoms with Gasteiger partial charge >= 0.3 is 0 Å². The van der Waals surface area contributed by atoms with Gasteiger partial charge in [0.1, 0.15) is 5.82 Å². The maximum atomic E-state index is 13.0. The Morgan fingerprint density at radius 1 is 1.13 bits per heavy atom. The first-order chi connectivity index (χ1) is 11.0. The van der Waals surface area contributed by atoms with E-state index in [0.717, 1.165) is 18.4 Å². The van der Waals surface area contributed by atoms with Gasteiger partial charge in [0, 0.05) is 12.6 Å². The van der Waals surface area contributed by atoms with Crippen LogP contribution in [-0.2, 0) is 11.8 Å². The van der Waals surface area contributed by atoms with Crippen molar-refractivity contribution in [3.8, 4) is 0 Å². The molecule has 0 radical (unpaired) electrons. The molecule has 2 N–H and O–H groups in total. The third kappa shape index (κ3) is 3.98. The summed E-state index contributed by atoms with van der Waals surface area (Å²) in [6, 6.07) is 17.3. The number of benzene rings is 2. The molecule has 1 atom stereocenters. The lowest BCUT2D eigenvalue weighted by Crippen LogP contribution is -2.51. The van der Waals surface area contributed by atoms with E-state index < -0.39 is 0 Å². The van der Waals surface area contributed by atoms with Gasteiger partial charge in [0.2, 0.25) is 0 Å². The van der Waals surface area contributed by atoms with Gasteiger partial charge in [0.25, 0.3) is 0 Å². The molecule has 0 aromatic heterocycles. The molecule has 0 aliphatic heterocycles. The van der Waals surface area contributed by atoms with Gasteiger partial charge in [0.15, 0.2) is 0 Å². The molecule has 0 saturated heterocycles. The average Bonchev–Trinajstić information content (AvgIpc) is 2.52. The van der Waals surface area contributed by atoms with Crippen molar-refractivity contribution in [1.82, 2.24) is 5.32 Å². The van der Waals surface area contributed by atoms with Crippen molar-refractivity contribution in [3.05, 3.63) is 71.5 Å². The van der Waals surface area contributed by atoms with Gasteiger partial charge in [-0.2, -0.15) is 0 Å². The topological polar surface area (TPSA) is 32.3 Å². The van der Waals surface area contributed by atoms with E-state index in [1.807, 2.05) is 42.5 Å². The number of hydrogen-bond acceptors (Lipinski definition) is 2. The molecule has 2 nitrogen and oxygen atoms in total. The number of halogens is 1. The Bertz CT molecular complexity index is 620. The van der Waals surface area contributed by atoms with E-state index in [0.29, 0.717) is 19.0 Å². The lowest BCUT2D eigenvalue weighted by Gasteiger charge is -2.46. The number of hydrogen-bond donors (Lipinski definition) is 2. The third-order valence-electron chi connectivity index (χ3n) is 4.89. The summed E-state index contributed by atoms with van der Waals surface area (Å²) in [4.78, 5) is 0. The standard InChI is InChI=1S/C20H24FNO/c1-20(16-7-9-17(21)10-8-16)12-18(13-20)22-14-19(23)11-15-5-3-2-4-6-15/h2-10,18-19,22-23H,11-14H2,1H3/t18?,19-,20?/m0/s1. The minimum absolute atomic E-state index is 0.121. The second-order valence-corrected chi connectivity index (χ2v) is 6.92. The van der Waals surface area contributed by atoms with Gasteiger partial charge in [-0.05, 0) is 47.9 Å². The van der Waals surface area contributed by atoms with Gasteiger partial charge in [-0.15, -0.1) is 0 Å². The molecule has 1 saturated carbocycles. The molecule has 3 heteroatoms. The van der Waals surface area contributed by atoms with Crippen molar-refractivity contribution in [2.45, 2.75) is 43.7 Å². The third-order valence-corrected chi connectivity index (χ3v) is 4.89. The van der Waals surface area contributed by atoms with E-state index >= 15 is 0 Å². The average molecular weight is 313 g/mol. The Morgan fingerprint density at radius 2 is 1.78 bits per heavy atom. The van der Waals surface area contributed by atoms with Gasteiger partial charge in [-0.3, -0.25) is 0 Å². The summed E-state index contributed by atoms with van der Waals surface area (Å²) in [5.74, 6) is -0.185. The number of rotatable bonds is 6. The smallest absolute Gasteiger partial charge is 0.123 e. The minimum atomic E-state index is -0.366. The van der Waals surface area contributed by atoms with Crippen LogP contribution in [0.3, 0.4) is 0 Å². The highest BCUT2D eigenvalue weighted by Crippen LogP contribution is 2.43. The lowest BCUT2D eigenvalue weighted by molar-refractivity contribution is 0.135. The van der Waals surface area contributed by atoms with Crippen LogP contribution in [0.2, 0.25) is 0 Å². The van der Waals surface area contributed by atoms with E-state index in [9.17, 15) is 9.50 Å². The zero-order chi connectivity index (χ0) is 16.3. The predicted molar refractivity (Wildman–Crippen MR) is 90.9 cm³/mol. The molecule has 0 amide bonds. The van der Waals surface area contributed by atoms with Crippen LogP contribution in [-0.4, -0.2) is 23.8 Å². The van der Waals surface area contributed by atoms with Crippen molar-refractivity contribution >= 4 is 0 Å². The summed E-state index contributed by atoms with van der Waals surface area (Å²) in [7, 11) is 0. The van der Waals surface area contributed by atoms with Crippen LogP contribution in [0.15, 0.2) is 54.6 Å². The Hall–Kier alpha value is -1.71. The molecular weight excluding hydrogens is 289 g/mol. The molecule has 0 unspecified atom stereocenters. The summed E-state index contributed by atoms with van der Waals surface area (Å²) < 4.78 is 13.0. The van der Waals surface area contributed by atoms with Gasteiger partial charge in [-0.1, -0.05) is 49.4 Å². The molecular formula is C20H24FNO. The van der Waals surface area contributed by atoms with Gasteiger partial charge in [0.05, 0.1) is 6.10 Å². The van der Waals surface area contributed by atoms with Gasteiger partial charge < -0.3 is 10.4 Å². The van der Waals surface area contributed by atoms with Crippen LogP contribution in [0, 0.1) is 5.82 Å². The molecule has 1 aliphatic rings. The Labute approximate surface area is 137 Å². The van der Waals surface area contributed by atoms with Crippen LogP contribution in [0.4, 0.5) is 4.39 Å². The van der Waals surface area contributed by atoms with Crippen LogP contribution >= 0.6 is 0 Å². The summed E-state index contributed by atoms with van der Waals surface area (Å²) in [6.07, 6.45) is 2.36. The van der Waals surface area contributed by atoms with E-state index in [1.54, 1.807) is 0 Å². The number of aliphatic hydroxyl groups excluding tert-OH is 1. The Morgan fingerprint density at radius 3 is 2.43 bits per heavy atom. The maximum Gasteiger partial charge on any atom is 0.123 e. The van der Waals surface area contributed by atoms with Crippen molar-refractivity contribution in [2.24, 2.45) is 0 Å². The first-order valence-corrected chi connectivity index (χ1v) is 8.27. The molecule has 2 aromatic carbocycles. The molecule has 3 rings (SSSR count). The highest BCUT2D eigenvalue weighted by Gasteiger charge is 2.41. The van der Waals surface area contributed by atoms with E-state index in [4.69, 9.17) is 0 Å². The monoisotopic (exact) mass is 313 g/mol. The van der Waals surface area contributed by atoms with E-state index in [1.165, 1.54) is 17.7 Å². The first kappa shape index (κ1) is 16.2. The van der Waals surface area contributed by atoms with Crippen molar-refractivity contribution in [1.29, 1.82) is 0 Å². The molecule has 23 heavy (non-hydrogen) atoms. The Kier molecular flexibility index (Phi) is 4.79. The molecule has 0 spiro atoms. The molecule has 1 aliphatic carbocycles. The van der Waals surface area contributed by atoms with Crippen molar-refractivity contribution in [2.75, 3.05) is 6.54 Å². The zero-order valence-corrected chi connectivity index (χ0v) is 13.5. The fraction of sp³-hybridized carbons (Fsp3) is 0.400. The summed E-state index contributed by atoms with van der Waals surface area (Å²) in [6.45, 7) is 2.83. The minimum Gasteiger partial charge on any atom is -0.391 e. The van der Waals surface area contributed by atoms with E-state index in [-0.39, 0.29) is 17.3 Å². The van der Waals surface area contributed by atoms with Crippen molar-refractivity contribution in [3.63, 3.8) is 0 Å². The molecule has 0 heterocycles. The van der Waals surface area contributed by atoms with Crippen molar-refractivity contribution < 1.29 is 9.50 Å². The SMILES string of the molecule is CC1(c2ccc(F)cc2)CC(NC[C@@H](O)Cc2ccccc2)C1. The summed E-state index contributed by atoms with van der Waals surface area (Å²) in [5.41, 5.74) is 2.48. The molecule has 0 bridgehead atoms. The lowest BCUT2D eigenvalue weighted by atomic mass is 9.63. The summed E-state index contributed by atoms with van der Waals surface area (Å²) in [5, 5.41) is 13.6. The van der Waals surface area contributed by atoms with Gasteiger partial charge in [-0.25, -0.2) is 4.39 Å². The molecule has 2 aromatic rings. The molecule has 122 valence electrons. The Balaban J connectivity index is 1.44. The zero-order valence-electron chi connectivity index (χ0n) is 13.5. The van der Waals surface area contributed by atoms with Crippen LogP contribution in [0.25, 0.3) is 0 Å². The van der Waals surface area contributed by atoms with Crippen LogP contribution in [0.1, 0.15) is 30.9 Å². The highest BCUT2D eigenvalue weighted by atomic mass is 19.1. The number of nitrogens with one attached hydrogen (secondary N) is 1. The fourth-order valence-electron chi connectivity index (χ4n) is 3.52. The predicted octanol–water partition coefficient (Wildman–Crippen LogP) is 3.44. The maximum absolute atomic E-state index is 13.0. The molecule has 1 fully saturated rings. The second-order valence-electron chi connectivity index (χ2n) is 6.92. The highest BCUT2D eigenvalue weighted by molar-refractivity contribution is 5.29. The van der Waals surface area contributed by atoms with E-state index in [2.05, 4.69) is 12.2 Å². The quantitative estimate of drug-likeness (QED) is 0.856.